The zero-order chi connectivity index (χ0) is 13.1. The normalized spacial score (nSPS) is 13.9. The molecule has 6 nitrogen and oxygen atoms in total. The molecule has 1 unspecified atom stereocenters. The number of aromatic nitrogens is 3. The second kappa shape index (κ2) is 6.26. The summed E-state index contributed by atoms with van der Waals surface area (Å²) in [7, 11) is -2.05. The molecule has 1 heterocycles. The Bertz CT molecular complexity index is 454. The van der Waals surface area contributed by atoms with Crippen LogP contribution in [0.15, 0.2) is 9.63 Å². The van der Waals surface area contributed by atoms with E-state index in [1.54, 1.807) is 0 Å². The maximum atomic E-state index is 12.0. The first-order valence-corrected chi connectivity index (χ1v) is 8.26. The predicted molar refractivity (Wildman–Crippen MR) is 71.5 cm³/mol. The van der Waals surface area contributed by atoms with Crippen molar-refractivity contribution in [1.29, 1.82) is 0 Å². The molecule has 0 spiro atoms. The van der Waals surface area contributed by atoms with Gasteiger partial charge in [0.15, 0.2) is 4.60 Å². The zero-order valence-electron chi connectivity index (χ0n) is 9.52. The number of alkyl halides is 1. The third-order valence-corrected chi connectivity index (χ3v) is 5.18. The van der Waals surface area contributed by atoms with Gasteiger partial charge in [0.05, 0.1) is 0 Å². The molecule has 17 heavy (non-hydrogen) atoms. The lowest BCUT2D eigenvalue weighted by atomic mass is 10.2. The van der Waals surface area contributed by atoms with Gasteiger partial charge in [-0.15, -0.1) is 5.10 Å². The quantitative estimate of drug-likeness (QED) is 0.746. The van der Waals surface area contributed by atoms with Gasteiger partial charge in [-0.25, -0.2) is 17.8 Å². The molecular formula is C8H14Br2N4O2S. The Morgan fingerprint density at radius 3 is 2.65 bits per heavy atom. The number of nitrogens with one attached hydrogen (secondary N) is 1. The summed E-state index contributed by atoms with van der Waals surface area (Å²) in [5, 5.41) is 7.32. The summed E-state index contributed by atoms with van der Waals surface area (Å²) in [6, 6.07) is 0. The van der Waals surface area contributed by atoms with Crippen LogP contribution in [0.2, 0.25) is 0 Å². The number of nitrogens with zero attached hydrogens (tertiary/aromatic N) is 3. The Morgan fingerprint density at radius 1 is 1.53 bits per heavy atom. The maximum absolute atomic E-state index is 12.0. The summed E-state index contributed by atoms with van der Waals surface area (Å²) in [6.45, 7) is 2.39. The Labute approximate surface area is 117 Å². The molecule has 0 radical (unpaired) electrons. The summed E-state index contributed by atoms with van der Waals surface area (Å²) in [4.78, 5) is 0.127. The number of aryl methyl sites for hydroxylation is 1. The van der Waals surface area contributed by atoms with Gasteiger partial charge in [-0.2, -0.15) is 0 Å². The number of halogens is 2. The van der Waals surface area contributed by atoms with Crippen LogP contribution in [0.5, 0.6) is 0 Å². The first kappa shape index (κ1) is 15.1. The highest BCUT2D eigenvalue weighted by Gasteiger charge is 2.24. The molecule has 0 aliphatic heterocycles. The van der Waals surface area contributed by atoms with E-state index in [-0.39, 0.29) is 14.5 Å². The lowest BCUT2D eigenvalue weighted by Crippen LogP contribution is -2.31. The van der Waals surface area contributed by atoms with E-state index in [4.69, 9.17) is 0 Å². The van der Waals surface area contributed by atoms with Crippen molar-refractivity contribution < 1.29 is 8.42 Å². The van der Waals surface area contributed by atoms with Crippen molar-refractivity contribution in [1.82, 2.24) is 19.7 Å². The minimum absolute atomic E-state index is 0.0358. The van der Waals surface area contributed by atoms with Crippen LogP contribution in [0.25, 0.3) is 0 Å². The van der Waals surface area contributed by atoms with Gasteiger partial charge in [0, 0.05) is 18.4 Å². The molecule has 0 aromatic carbocycles. The largest absolute Gasteiger partial charge is 0.260 e. The van der Waals surface area contributed by atoms with Gasteiger partial charge in [-0.1, -0.05) is 34.5 Å². The van der Waals surface area contributed by atoms with Gasteiger partial charge in [0.1, 0.15) is 0 Å². The van der Waals surface area contributed by atoms with E-state index in [0.29, 0.717) is 6.54 Å². The number of rotatable bonds is 6. The van der Waals surface area contributed by atoms with Crippen LogP contribution in [0.4, 0.5) is 0 Å². The average molecular weight is 390 g/mol. The van der Waals surface area contributed by atoms with Crippen molar-refractivity contribution in [2.75, 3.05) is 6.54 Å². The Hall–Kier alpha value is 0.0100. The van der Waals surface area contributed by atoms with Gasteiger partial charge >= 0.3 is 0 Å². The molecule has 0 aliphatic rings. The average Bonchev–Trinajstić information content (AvgIpc) is 2.57. The van der Waals surface area contributed by atoms with Crippen LogP contribution in [-0.4, -0.2) is 34.8 Å². The van der Waals surface area contributed by atoms with Crippen LogP contribution in [0, 0.1) is 0 Å². The highest BCUT2D eigenvalue weighted by Crippen LogP contribution is 2.18. The number of hydrogen-bond acceptors (Lipinski definition) is 4. The van der Waals surface area contributed by atoms with Crippen molar-refractivity contribution >= 4 is 41.9 Å². The summed E-state index contributed by atoms with van der Waals surface area (Å²) in [5.41, 5.74) is 0. The molecular weight excluding hydrogens is 376 g/mol. The van der Waals surface area contributed by atoms with E-state index >= 15 is 0 Å². The highest BCUT2D eigenvalue weighted by atomic mass is 79.9. The zero-order valence-corrected chi connectivity index (χ0v) is 13.5. The second-order valence-corrected chi connectivity index (χ2v) is 7.28. The van der Waals surface area contributed by atoms with Gasteiger partial charge < -0.3 is 0 Å². The molecule has 0 saturated carbocycles. The van der Waals surface area contributed by atoms with Crippen LogP contribution in [-0.2, 0) is 17.1 Å². The summed E-state index contributed by atoms with van der Waals surface area (Å²) in [6.07, 6.45) is 1.90. The number of sulfonamides is 1. The molecule has 1 aromatic heterocycles. The Kier molecular flexibility index (Phi) is 5.55. The predicted octanol–water partition coefficient (Wildman–Crippen LogP) is 1.42. The SMILES string of the molecule is CCCC(Br)CNS(=O)(=O)c1c(Br)nnn1C. The van der Waals surface area contributed by atoms with E-state index in [9.17, 15) is 8.42 Å². The molecule has 0 fully saturated rings. The maximum Gasteiger partial charge on any atom is 0.260 e. The first-order chi connectivity index (χ1) is 7.88. The lowest BCUT2D eigenvalue weighted by Gasteiger charge is -2.10. The van der Waals surface area contributed by atoms with Gasteiger partial charge in [-0.3, -0.25) is 0 Å². The molecule has 0 bridgehead atoms. The van der Waals surface area contributed by atoms with Crippen molar-refractivity contribution in [3.63, 3.8) is 0 Å². The molecule has 0 aliphatic carbocycles. The second-order valence-electron chi connectivity index (χ2n) is 3.55. The van der Waals surface area contributed by atoms with E-state index in [0.717, 1.165) is 12.8 Å². The van der Waals surface area contributed by atoms with Crippen LogP contribution in [0.1, 0.15) is 19.8 Å². The summed E-state index contributed by atoms with van der Waals surface area (Å²) >= 11 is 6.48. The fourth-order valence-corrected chi connectivity index (χ4v) is 4.30. The smallest absolute Gasteiger partial charge is 0.235 e. The minimum Gasteiger partial charge on any atom is -0.235 e. The van der Waals surface area contributed by atoms with Crippen molar-refractivity contribution in [3.05, 3.63) is 4.60 Å². The molecule has 1 rings (SSSR count). The van der Waals surface area contributed by atoms with E-state index in [2.05, 4.69) is 46.9 Å². The Morgan fingerprint density at radius 2 is 2.18 bits per heavy atom. The third kappa shape index (κ3) is 4.01. The topological polar surface area (TPSA) is 76.9 Å². The van der Waals surface area contributed by atoms with E-state index in [1.165, 1.54) is 11.7 Å². The number of hydrogen-bond donors (Lipinski definition) is 1. The fraction of sp³-hybridized carbons (Fsp3) is 0.750. The molecule has 9 heteroatoms. The summed E-state index contributed by atoms with van der Waals surface area (Å²) in [5.74, 6) is 0. The minimum atomic E-state index is -3.58. The lowest BCUT2D eigenvalue weighted by molar-refractivity contribution is 0.558. The molecule has 0 amide bonds. The third-order valence-electron chi connectivity index (χ3n) is 2.09. The highest BCUT2D eigenvalue weighted by molar-refractivity contribution is 9.10. The van der Waals surface area contributed by atoms with Crippen molar-refractivity contribution in [2.24, 2.45) is 7.05 Å². The van der Waals surface area contributed by atoms with Crippen molar-refractivity contribution in [3.8, 4) is 0 Å². The molecule has 1 atom stereocenters. The van der Waals surface area contributed by atoms with Gasteiger partial charge in [-0.05, 0) is 22.4 Å². The molecule has 98 valence electrons. The van der Waals surface area contributed by atoms with Crippen LogP contribution >= 0.6 is 31.9 Å². The van der Waals surface area contributed by atoms with Crippen LogP contribution in [0.3, 0.4) is 0 Å². The van der Waals surface area contributed by atoms with Crippen LogP contribution < -0.4 is 4.72 Å². The standard InChI is InChI=1S/C8H14Br2N4O2S/c1-3-4-6(9)5-11-17(15,16)8-7(10)12-13-14(8)2/h6,11H,3-5H2,1-2H3. The van der Waals surface area contributed by atoms with Gasteiger partial charge in [0.2, 0.25) is 5.03 Å². The van der Waals surface area contributed by atoms with E-state index in [1.807, 2.05) is 6.92 Å². The van der Waals surface area contributed by atoms with Crippen molar-refractivity contribution in [2.45, 2.75) is 29.6 Å². The molecule has 0 saturated heterocycles. The van der Waals surface area contributed by atoms with Gasteiger partial charge in [0.25, 0.3) is 10.0 Å². The molecule has 1 N–H and O–H groups in total. The Balaban J connectivity index is 2.76. The molecule has 1 aromatic rings. The monoisotopic (exact) mass is 388 g/mol. The van der Waals surface area contributed by atoms with E-state index < -0.39 is 10.0 Å². The fourth-order valence-electron chi connectivity index (χ4n) is 1.29. The summed E-state index contributed by atoms with van der Waals surface area (Å²) < 4.78 is 27.9. The first-order valence-electron chi connectivity index (χ1n) is 5.07.